The summed E-state index contributed by atoms with van der Waals surface area (Å²) < 4.78 is 11.9. The molecule has 112 valence electrons. The van der Waals surface area contributed by atoms with E-state index in [0.717, 1.165) is 6.42 Å². The zero-order valence-electron chi connectivity index (χ0n) is 12.1. The number of nitrogens with one attached hydrogen (secondary N) is 1. The van der Waals surface area contributed by atoms with Gasteiger partial charge in [-0.1, -0.05) is 32.4 Å². The van der Waals surface area contributed by atoms with E-state index in [-0.39, 0.29) is 18.4 Å². The van der Waals surface area contributed by atoms with Gasteiger partial charge in [-0.2, -0.15) is 0 Å². The topological polar surface area (TPSA) is 66.4 Å². The van der Waals surface area contributed by atoms with Crippen LogP contribution in [0.5, 0.6) is 0 Å². The maximum Gasteiger partial charge on any atom is 0.252 e. The lowest BCUT2D eigenvalue weighted by Crippen LogP contribution is -2.30. The molecular formula is C15H23NO3S. The number of hydrogen-bond donors (Lipinski definition) is 2. The number of carbonyl (C=O) groups is 1. The molecule has 0 spiro atoms. The van der Waals surface area contributed by atoms with Gasteiger partial charge in [0.25, 0.3) is 5.91 Å². The summed E-state index contributed by atoms with van der Waals surface area (Å²) in [6.45, 7) is 4.53. The van der Waals surface area contributed by atoms with Crippen LogP contribution in [0.15, 0.2) is 29.2 Å². The molecule has 0 heterocycles. The molecule has 20 heavy (non-hydrogen) atoms. The van der Waals surface area contributed by atoms with Crippen LogP contribution in [-0.4, -0.2) is 34.1 Å². The maximum atomic E-state index is 12.2. The van der Waals surface area contributed by atoms with E-state index < -0.39 is 10.8 Å². The minimum atomic E-state index is -1.14. The largest absolute Gasteiger partial charge is 0.396 e. The molecule has 5 heteroatoms. The van der Waals surface area contributed by atoms with E-state index in [1.54, 1.807) is 24.3 Å². The molecule has 1 aromatic rings. The summed E-state index contributed by atoms with van der Waals surface area (Å²) in [6, 6.07) is 7.00. The Labute approximate surface area is 123 Å². The minimum absolute atomic E-state index is 0.130. The van der Waals surface area contributed by atoms with Gasteiger partial charge in [0.2, 0.25) is 0 Å². The minimum Gasteiger partial charge on any atom is -0.396 e. The molecule has 1 rings (SSSR count). The van der Waals surface area contributed by atoms with E-state index in [4.69, 9.17) is 5.11 Å². The van der Waals surface area contributed by atoms with Crippen molar-refractivity contribution < 1.29 is 14.1 Å². The third kappa shape index (κ3) is 4.72. The third-order valence-electron chi connectivity index (χ3n) is 3.31. The summed E-state index contributed by atoms with van der Waals surface area (Å²) in [7, 11) is -1.14. The predicted octanol–water partition coefficient (Wildman–Crippen LogP) is 1.95. The van der Waals surface area contributed by atoms with Gasteiger partial charge in [0.15, 0.2) is 0 Å². The predicted molar refractivity (Wildman–Crippen MR) is 81.2 cm³/mol. The van der Waals surface area contributed by atoms with Crippen molar-refractivity contribution in [3.05, 3.63) is 29.8 Å². The van der Waals surface area contributed by atoms with Crippen LogP contribution in [-0.2, 0) is 10.8 Å². The van der Waals surface area contributed by atoms with Crippen molar-refractivity contribution in [1.29, 1.82) is 0 Å². The van der Waals surface area contributed by atoms with Gasteiger partial charge in [0.1, 0.15) is 0 Å². The second-order valence-electron chi connectivity index (χ2n) is 4.63. The average molecular weight is 297 g/mol. The number of hydrogen-bond acceptors (Lipinski definition) is 3. The lowest BCUT2D eigenvalue weighted by Gasteiger charge is -2.15. The fourth-order valence-corrected chi connectivity index (χ4v) is 2.92. The molecule has 0 aliphatic heterocycles. The molecule has 0 aliphatic carbocycles. The lowest BCUT2D eigenvalue weighted by molar-refractivity contribution is 0.0940. The molecule has 0 aliphatic rings. The summed E-state index contributed by atoms with van der Waals surface area (Å²) in [5.41, 5.74) is 0.478. The highest BCUT2D eigenvalue weighted by molar-refractivity contribution is 7.85. The highest BCUT2D eigenvalue weighted by Crippen LogP contribution is 2.14. The number of amides is 1. The Bertz CT molecular complexity index is 462. The van der Waals surface area contributed by atoms with Gasteiger partial charge in [-0.15, -0.1) is 0 Å². The van der Waals surface area contributed by atoms with Gasteiger partial charge in [-0.25, -0.2) is 0 Å². The summed E-state index contributed by atoms with van der Waals surface area (Å²) >= 11 is 0. The Kier molecular flexibility index (Phi) is 7.47. The highest BCUT2D eigenvalue weighted by Gasteiger charge is 2.15. The first-order valence-electron chi connectivity index (χ1n) is 7.00. The van der Waals surface area contributed by atoms with E-state index in [2.05, 4.69) is 5.32 Å². The molecule has 2 N–H and O–H groups in total. The van der Waals surface area contributed by atoms with Crippen LogP contribution in [0.25, 0.3) is 0 Å². The van der Waals surface area contributed by atoms with Crippen molar-refractivity contribution in [3.8, 4) is 0 Å². The van der Waals surface area contributed by atoms with E-state index in [0.29, 0.717) is 29.2 Å². The molecule has 0 saturated carbocycles. The Morgan fingerprint density at radius 2 is 2.05 bits per heavy atom. The first kappa shape index (κ1) is 16.9. The van der Waals surface area contributed by atoms with E-state index >= 15 is 0 Å². The molecule has 0 bridgehead atoms. The van der Waals surface area contributed by atoms with E-state index in [9.17, 15) is 9.00 Å². The van der Waals surface area contributed by atoms with Crippen LogP contribution in [0.1, 0.15) is 37.0 Å². The van der Waals surface area contributed by atoms with Crippen LogP contribution in [0.4, 0.5) is 0 Å². The number of benzene rings is 1. The first-order chi connectivity index (χ1) is 9.63. The van der Waals surface area contributed by atoms with Gasteiger partial charge in [-0.3, -0.25) is 9.00 Å². The number of rotatable bonds is 8. The zero-order chi connectivity index (χ0) is 15.0. The molecule has 0 aromatic heterocycles. The number of aliphatic hydroxyl groups excluding tert-OH is 1. The standard InChI is InChI=1S/C15H23NO3S/c1-3-12(9-10-17)11-16-15(18)13-7-5-6-8-14(13)20(19)4-2/h5-8,12,17H,3-4,9-11H2,1-2H3,(H,16,18). The second-order valence-corrected chi connectivity index (χ2v) is 6.34. The van der Waals surface area contributed by atoms with Crippen molar-refractivity contribution in [2.24, 2.45) is 5.92 Å². The van der Waals surface area contributed by atoms with Crippen molar-refractivity contribution in [2.75, 3.05) is 18.9 Å². The molecule has 0 radical (unpaired) electrons. The molecule has 4 nitrogen and oxygen atoms in total. The summed E-state index contributed by atoms with van der Waals surface area (Å²) in [5, 5.41) is 11.8. The smallest absolute Gasteiger partial charge is 0.252 e. The molecule has 0 fully saturated rings. The van der Waals surface area contributed by atoms with Crippen LogP contribution >= 0.6 is 0 Å². The molecule has 1 amide bonds. The molecule has 2 unspecified atom stereocenters. The van der Waals surface area contributed by atoms with Crippen LogP contribution in [0.2, 0.25) is 0 Å². The molecule has 0 saturated heterocycles. The van der Waals surface area contributed by atoms with Crippen LogP contribution in [0, 0.1) is 5.92 Å². The van der Waals surface area contributed by atoms with Gasteiger partial charge < -0.3 is 10.4 Å². The normalized spacial score (nSPS) is 13.8. The lowest BCUT2D eigenvalue weighted by atomic mass is 10.0. The summed E-state index contributed by atoms with van der Waals surface area (Å²) in [4.78, 5) is 12.8. The van der Waals surface area contributed by atoms with Crippen molar-refractivity contribution in [1.82, 2.24) is 5.32 Å². The van der Waals surface area contributed by atoms with Gasteiger partial charge in [-0.05, 0) is 24.5 Å². The monoisotopic (exact) mass is 297 g/mol. The van der Waals surface area contributed by atoms with Crippen LogP contribution in [0.3, 0.4) is 0 Å². The molecule has 1 aromatic carbocycles. The number of aliphatic hydroxyl groups is 1. The van der Waals surface area contributed by atoms with Gasteiger partial charge >= 0.3 is 0 Å². The van der Waals surface area contributed by atoms with Crippen LogP contribution < -0.4 is 5.32 Å². The fraction of sp³-hybridized carbons (Fsp3) is 0.533. The molecular weight excluding hydrogens is 274 g/mol. The van der Waals surface area contributed by atoms with E-state index in [1.165, 1.54) is 0 Å². The second kappa shape index (κ2) is 8.87. The Morgan fingerprint density at radius 3 is 2.65 bits per heavy atom. The zero-order valence-corrected chi connectivity index (χ0v) is 12.9. The summed E-state index contributed by atoms with van der Waals surface area (Å²) in [5.74, 6) is 0.568. The van der Waals surface area contributed by atoms with Crippen molar-refractivity contribution >= 4 is 16.7 Å². The van der Waals surface area contributed by atoms with Gasteiger partial charge in [0, 0.05) is 18.9 Å². The maximum absolute atomic E-state index is 12.2. The Balaban J connectivity index is 2.75. The van der Waals surface area contributed by atoms with Crippen molar-refractivity contribution in [3.63, 3.8) is 0 Å². The van der Waals surface area contributed by atoms with Crippen molar-refractivity contribution in [2.45, 2.75) is 31.6 Å². The summed E-state index contributed by atoms with van der Waals surface area (Å²) in [6.07, 6.45) is 1.59. The molecule has 2 atom stereocenters. The Morgan fingerprint density at radius 1 is 1.35 bits per heavy atom. The average Bonchev–Trinajstić information content (AvgIpc) is 2.50. The van der Waals surface area contributed by atoms with E-state index in [1.807, 2.05) is 13.8 Å². The van der Waals surface area contributed by atoms with Gasteiger partial charge in [0.05, 0.1) is 21.3 Å². The third-order valence-corrected chi connectivity index (χ3v) is 4.68. The quantitative estimate of drug-likeness (QED) is 0.771. The Hall–Kier alpha value is -1.20. The SMILES string of the molecule is CCC(CCO)CNC(=O)c1ccccc1S(=O)CC. The fourth-order valence-electron chi connectivity index (χ4n) is 1.97. The highest BCUT2D eigenvalue weighted by atomic mass is 32.2. The number of carbonyl (C=O) groups excluding carboxylic acids is 1. The first-order valence-corrected chi connectivity index (χ1v) is 8.32.